The lowest BCUT2D eigenvalue weighted by molar-refractivity contribution is 0.0958. The summed E-state index contributed by atoms with van der Waals surface area (Å²) in [5.41, 5.74) is 6.93. The van der Waals surface area contributed by atoms with Crippen LogP contribution in [0.15, 0.2) is 18.3 Å². The number of aliphatic hydroxyl groups is 1. The molecule has 1 saturated carbocycles. The third-order valence-electron chi connectivity index (χ3n) is 3.35. The van der Waals surface area contributed by atoms with Gasteiger partial charge < -0.3 is 15.6 Å². The molecule has 1 fully saturated rings. The predicted molar refractivity (Wildman–Crippen MR) is 61.1 cm³/mol. The molecular weight excluding hydrogens is 204 g/mol. The molecule has 0 bridgehead atoms. The van der Waals surface area contributed by atoms with Gasteiger partial charge in [0.2, 0.25) is 5.88 Å². The van der Waals surface area contributed by atoms with Crippen molar-refractivity contribution in [2.75, 3.05) is 7.11 Å². The van der Waals surface area contributed by atoms with Crippen LogP contribution in [0.25, 0.3) is 0 Å². The van der Waals surface area contributed by atoms with Gasteiger partial charge in [-0.25, -0.2) is 4.98 Å². The molecule has 0 aromatic carbocycles. The molecule has 1 aromatic heterocycles. The number of rotatable bonds is 2. The van der Waals surface area contributed by atoms with E-state index in [0.717, 1.165) is 31.2 Å². The van der Waals surface area contributed by atoms with Gasteiger partial charge in [0.05, 0.1) is 13.2 Å². The largest absolute Gasteiger partial charge is 0.481 e. The van der Waals surface area contributed by atoms with Crippen molar-refractivity contribution in [3.8, 4) is 5.88 Å². The fourth-order valence-corrected chi connectivity index (χ4v) is 2.32. The summed E-state index contributed by atoms with van der Waals surface area (Å²) in [6.45, 7) is 0. The Kier molecular flexibility index (Phi) is 3.12. The van der Waals surface area contributed by atoms with Crippen LogP contribution in [-0.2, 0) is 5.54 Å². The lowest BCUT2D eigenvalue weighted by atomic mass is 9.77. The minimum Gasteiger partial charge on any atom is -0.481 e. The summed E-state index contributed by atoms with van der Waals surface area (Å²) in [5.74, 6) is 0.599. The van der Waals surface area contributed by atoms with E-state index < -0.39 is 5.54 Å². The van der Waals surface area contributed by atoms with Crippen LogP contribution >= 0.6 is 0 Å². The molecule has 16 heavy (non-hydrogen) atoms. The molecule has 1 heterocycles. The topological polar surface area (TPSA) is 68.4 Å². The Morgan fingerprint density at radius 1 is 1.50 bits per heavy atom. The molecule has 0 amide bonds. The van der Waals surface area contributed by atoms with Crippen molar-refractivity contribution >= 4 is 0 Å². The normalized spacial score (nSPS) is 30.1. The van der Waals surface area contributed by atoms with Crippen LogP contribution in [0, 0.1) is 0 Å². The third kappa shape index (κ3) is 2.03. The van der Waals surface area contributed by atoms with Gasteiger partial charge in [0.1, 0.15) is 0 Å². The first kappa shape index (κ1) is 11.4. The Hall–Kier alpha value is -1.13. The van der Waals surface area contributed by atoms with E-state index in [9.17, 15) is 5.11 Å². The lowest BCUT2D eigenvalue weighted by Crippen LogP contribution is -2.42. The van der Waals surface area contributed by atoms with Crippen LogP contribution in [0.3, 0.4) is 0 Å². The van der Waals surface area contributed by atoms with Crippen molar-refractivity contribution < 1.29 is 9.84 Å². The molecule has 0 saturated heterocycles. The summed E-state index contributed by atoms with van der Waals surface area (Å²) < 4.78 is 5.24. The molecule has 4 heteroatoms. The van der Waals surface area contributed by atoms with E-state index in [4.69, 9.17) is 10.5 Å². The molecule has 3 N–H and O–H groups in total. The lowest BCUT2D eigenvalue weighted by Gasteiger charge is -2.36. The highest BCUT2D eigenvalue weighted by Crippen LogP contribution is 2.38. The molecule has 1 aromatic rings. The Labute approximate surface area is 95.4 Å². The van der Waals surface area contributed by atoms with Gasteiger partial charge in [0.15, 0.2) is 0 Å². The van der Waals surface area contributed by atoms with E-state index in [1.165, 1.54) is 0 Å². The standard InChI is InChI=1S/C12H18N2O2/c1-16-11-10(3-2-8-14-11)12(13)6-4-9(15)5-7-12/h2-3,8-9,15H,4-7,13H2,1H3. The highest BCUT2D eigenvalue weighted by Gasteiger charge is 2.35. The van der Waals surface area contributed by atoms with E-state index in [-0.39, 0.29) is 6.10 Å². The van der Waals surface area contributed by atoms with Crippen LogP contribution in [0.1, 0.15) is 31.2 Å². The molecule has 2 rings (SSSR count). The molecule has 0 radical (unpaired) electrons. The van der Waals surface area contributed by atoms with Crippen LogP contribution < -0.4 is 10.5 Å². The second-order valence-corrected chi connectivity index (χ2v) is 4.45. The Balaban J connectivity index is 2.28. The molecule has 1 aliphatic rings. The van der Waals surface area contributed by atoms with Gasteiger partial charge in [0, 0.05) is 17.3 Å². The highest BCUT2D eigenvalue weighted by atomic mass is 16.5. The van der Waals surface area contributed by atoms with Gasteiger partial charge in [-0.2, -0.15) is 0 Å². The van der Waals surface area contributed by atoms with Crippen LogP contribution in [0.2, 0.25) is 0 Å². The second kappa shape index (κ2) is 4.39. The van der Waals surface area contributed by atoms with E-state index in [0.29, 0.717) is 5.88 Å². The second-order valence-electron chi connectivity index (χ2n) is 4.45. The Morgan fingerprint density at radius 3 is 2.81 bits per heavy atom. The van der Waals surface area contributed by atoms with Crippen molar-refractivity contribution in [2.24, 2.45) is 5.73 Å². The Morgan fingerprint density at radius 2 is 2.19 bits per heavy atom. The maximum absolute atomic E-state index is 9.51. The smallest absolute Gasteiger partial charge is 0.218 e. The molecule has 0 atom stereocenters. The molecule has 0 aliphatic heterocycles. The molecule has 0 spiro atoms. The van der Waals surface area contributed by atoms with Gasteiger partial charge in [-0.05, 0) is 31.7 Å². The summed E-state index contributed by atoms with van der Waals surface area (Å²) in [7, 11) is 1.60. The number of ether oxygens (including phenoxy) is 1. The number of methoxy groups -OCH3 is 1. The zero-order valence-electron chi connectivity index (χ0n) is 9.52. The van der Waals surface area contributed by atoms with Crippen LogP contribution in [0.5, 0.6) is 5.88 Å². The molecular formula is C12H18N2O2. The van der Waals surface area contributed by atoms with Crippen molar-refractivity contribution in [3.63, 3.8) is 0 Å². The first-order valence-electron chi connectivity index (χ1n) is 5.62. The van der Waals surface area contributed by atoms with Gasteiger partial charge in [-0.15, -0.1) is 0 Å². The minimum absolute atomic E-state index is 0.209. The molecule has 88 valence electrons. The summed E-state index contributed by atoms with van der Waals surface area (Å²) in [5, 5.41) is 9.51. The first-order valence-corrected chi connectivity index (χ1v) is 5.62. The monoisotopic (exact) mass is 222 g/mol. The van der Waals surface area contributed by atoms with E-state index in [1.54, 1.807) is 13.3 Å². The number of nitrogens with zero attached hydrogens (tertiary/aromatic N) is 1. The molecule has 1 aliphatic carbocycles. The van der Waals surface area contributed by atoms with E-state index in [2.05, 4.69) is 4.98 Å². The third-order valence-corrected chi connectivity index (χ3v) is 3.35. The fraction of sp³-hybridized carbons (Fsp3) is 0.583. The molecule has 4 nitrogen and oxygen atoms in total. The quantitative estimate of drug-likeness (QED) is 0.788. The fourth-order valence-electron chi connectivity index (χ4n) is 2.32. The summed E-state index contributed by atoms with van der Waals surface area (Å²) in [4.78, 5) is 4.17. The van der Waals surface area contributed by atoms with Crippen molar-refractivity contribution in [2.45, 2.75) is 37.3 Å². The van der Waals surface area contributed by atoms with Crippen LogP contribution in [-0.4, -0.2) is 23.3 Å². The van der Waals surface area contributed by atoms with E-state index >= 15 is 0 Å². The number of hydrogen-bond donors (Lipinski definition) is 2. The van der Waals surface area contributed by atoms with Gasteiger partial charge in [-0.3, -0.25) is 0 Å². The predicted octanol–water partition coefficient (Wildman–Crippen LogP) is 1.18. The number of aromatic nitrogens is 1. The van der Waals surface area contributed by atoms with Gasteiger partial charge in [0.25, 0.3) is 0 Å². The molecule has 0 unspecified atom stereocenters. The first-order chi connectivity index (χ1) is 7.65. The highest BCUT2D eigenvalue weighted by molar-refractivity contribution is 5.33. The number of nitrogens with two attached hydrogens (primary N) is 1. The van der Waals surface area contributed by atoms with E-state index in [1.807, 2.05) is 12.1 Å². The van der Waals surface area contributed by atoms with Crippen molar-refractivity contribution in [1.29, 1.82) is 0 Å². The maximum Gasteiger partial charge on any atom is 0.218 e. The zero-order chi connectivity index (χ0) is 11.6. The SMILES string of the molecule is COc1ncccc1C1(N)CCC(O)CC1. The summed E-state index contributed by atoms with van der Waals surface area (Å²) in [6, 6.07) is 3.83. The average molecular weight is 222 g/mol. The minimum atomic E-state index is -0.404. The van der Waals surface area contributed by atoms with Crippen molar-refractivity contribution in [1.82, 2.24) is 4.98 Å². The van der Waals surface area contributed by atoms with Gasteiger partial charge >= 0.3 is 0 Å². The van der Waals surface area contributed by atoms with Crippen LogP contribution in [0.4, 0.5) is 0 Å². The average Bonchev–Trinajstić information content (AvgIpc) is 2.33. The number of hydrogen-bond acceptors (Lipinski definition) is 4. The van der Waals surface area contributed by atoms with Gasteiger partial charge in [-0.1, -0.05) is 6.07 Å². The maximum atomic E-state index is 9.51. The zero-order valence-corrected chi connectivity index (χ0v) is 9.52. The number of pyridine rings is 1. The summed E-state index contributed by atoms with van der Waals surface area (Å²) in [6.07, 6.45) is 4.53. The Bertz CT molecular complexity index is 360. The number of aliphatic hydroxyl groups excluding tert-OH is 1. The summed E-state index contributed by atoms with van der Waals surface area (Å²) >= 11 is 0. The van der Waals surface area contributed by atoms with Crippen molar-refractivity contribution in [3.05, 3.63) is 23.9 Å².